The van der Waals surface area contributed by atoms with Crippen molar-refractivity contribution >= 4 is 23.8 Å². The lowest BCUT2D eigenvalue weighted by atomic mass is 9.76. The first-order valence-electron chi connectivity index (χ1n) is 9.75. The van der Waals surface area contributed by atoms with Crippen LogP contribution >= 0.6 is 0 Å². The molecule has 4 amide bonds. The number of urea groups is 1. The van der Waals surface area contributed by atoms with Gasteiger partial charge in [0.25, 0.3) is 11.8 Å². The third kappa shape index (κ3) is 3.57. The first-order valence-corrected chi connectivity index (χ1v) is 9.75. The number of hydrogen-bond donors (Lipinski definition) is 1. The second-order valence-electron chi connectivity index (χ2n) is 7.39. The van der Waals surface area contributed by atoms with Gasteiger partial charge in [-0.2, -0.15) is 0 Å². The maximum absolute atomic E-state index is 13.1. The topological polar surface area (TPSA) is 105 Å². The van der Waals surface area contributed by atoms with E-state index in [0.717, 1.165) is 28.9 Å². The van der Waals surface area contributed by atoms with E-state index < -0.39 is 36.6 Å². The summed E-state index contributed by atoms with van der Waals surface area (Å²) < 4.78 is 10.2. The largest absolute Gasteiger partial charge is 0.454 e. The lowest BCUT2D eigenvalue weighted by Gasteiger charge is -2.33. The van der Waals surface area contributed by atoms with Crippen LogP contribution in [0.15, 0.2) is 24.3 Å². The second-order valence-corrected chi connectivity index (χ2v) is 7.39. The van der Waals surface area contributed by atoms with E-state index in [1.165, 1.54) is 0 Å². The Morgan fingerprint density at radius 3 is 2.72 bits per heavy atom. The van der Waals surface area contributed by atoms with Crippen molar-refractivity contribution in [2.45, 2.75) is 24.8 Å². The molecule has 0 bridgehead atoms. The molecule has 9 nitrogen and oxygen atoms in total. The molecule has 0 saturated carbocycles. The molecule has 0 radical (unpaired) electrons. The molecular weight excluding hydrogens is 378 g/mol. The van der Waals surface area contributed by atoms with E-state index in [2.05, 4.69) is 5.32 Å². The Kier molecular flexibility index (Phi) is 5.23. The van der Waals surface area contributed by atoms with Crippen molar-refractivity contribution in [3.05, 3.63) is 35.4 Å². The molecule has 3 aliphatic rings. The lowest BCUT2D eigenvalue weighted by molar-refractivity contribution is -0.155. The molecule has 154 valence electrons. The average Bonchev–Trinajstić information content (AvgIpc) is 2.97. The predicted octanol–water partition coefficient (Wildman–Crippen LogP) is 0.172. The number of carbonyl (C=O) groups is 4. The molecule has 4 rings (SSSR count). The molecular formula is C20H23N3O6. The smallest absolute Gasteiger partial charge is 0.326 e. The third-order valence-electron chi connectivity index (χ3n) is 5.66. The molecule has 1 aromatic rings. The highest BCUT2D eigenvalue weighted by Gasteiger charge is 2.54. The van der Waals surface area contributed by atoms with Gasteiger partial charge >= 0.3 is 12.0 Å². The molecule has 1 spiro atoms. The Morgan fingerprint density at radius 2 is 1.93 bits per heavy atom. The van der Waals surface area contributed by atoms with Crippen LogP contribution in [0, 0.1) is 0 Å². The zero-order chi connectivity index (χ0) is 20.4. The van der Waals surface area contributed by atoms with Crippen LogP contribution in [-0.4, -0.2) is 73.1 Å². The highest BCUT2D eigenvalue weighted by atomic mass is 16.5. The number of morpholine rings is 1. The number of nitrogens with one attached hydrogen (secondary N) is 1. The molecule has 0 aromatic heterocycles. The lowest BCUT2D eigenvalue weighted by Crippen LogP contribution is -2.47. The first kappa shape index (κ1) is 19.4. The average molecular weight is 401 g/mol. The van der Waals surface area contributed by atoms with Gasteiger partial charge < -0.3 is 19.7 Å². The van der Waals surface area contributed by atoms with Crippen LogP contribution < -0.4 is 5.32 Å². The summed E-state index contributed by atoms with van der Waals surface area (Å²) in [6.07, 6.45) is 2.08. The maximum Gasteiger partial charge on any atom is 0.326 e. The number of imide groups is 1. The number of benzene rings is 1. The van der Waals surface area contributed by atoms with E-state index in [1.54, 1.807) is 4.90 Å². The summed E-state index contributed by atoms with van der Waals surface area (Å²) in [5.74, 6) is -1.57. The standard InChI is InChI=1S/C20H23N3O6/c24-16(22-8-10-28-11-9-22)13-29-17(25)12-23-18(26)20(21-19(23)27)7-3-5-14-4-1-2-6-15(14)20/h1-2,4,6H,3,5,7-13H2,(H,21,27)/t20-/m1/s1. The number of aryl methyl sites for hydroxylation is 1. The molecule has 0 unspecified atom stereocenters. The minimum Gasteiger partial charge on any atom is -0.454 e. The Bertz CT molecular complexity index is 850. The van der Waals surface area contributed by atoms with Crippen molar-refractivity contribution in [1.82, 2.24) is 15.1 Å². The number of esters is 1. The third-order valence-corrected chi connectivity index (χ3v) is 5.66. The van der Waals surface area contributed by atoms with E-state index in [9.17, 15) is 19.2 Å². The highest BCUT2D eigenvalue weighted by Crippen LogP contribution is 2.39. The van der Waals surface area contributed by atoms with Crippen LogP contribution in [0.3, 0.4) is 0 Å². The van der Waals surface area contributed by atoms with Crippen LogP contribution in [0.4, 0.5) is 4.79 Å². The molecule has 2 heterocycles. The summed E-state index contributed by atoms with van der Waals surface area (Å²) in [4.78, 5) is 52.3. The van der Waals surface area contributed by atoms with E-state index >= 15 is 0 Å². The molecule has 2 fully saturated rings. The summed E-state index contributed by atoms with van der Waals surface area (Å²) in [7, 11) is 0. The number of amides is 4. The van der Waals surface area contributed by atoms with Crippen molar-refractivity contribution in [1.29, 1.82) is 0 Å². The van der Waals surface area contributed by atoms with Gasteiger partial charge in [-0.3, -0.25) is 19.3 Å². The van der Waals surface area contributed by atoms with Gasteiger partial charge in [0, 0.05) is 13.1 Å². The predicted molar refractivity (Wildman–Crippen MR) is 99.7 cm³/mol. The first-order chi connectivity index (χ1) is 14.0. The van der Waals surface area contributed by atoms with Crippen molar-refractivity contribution in [3.63, 3.8) is 0 Å². The van der Waals surface area contributed by atoms with Crippen molar-refractivity contribution in [2.75, 3.05) is 39.5 Å². The van der Waals surface area contributed by atoms with E-state index in [0.29, 0.717) is 32.7 Å². The number of rotatable bonds is 4. The van der Waals surface area contributed by atoms with Gasteiger partial charge in [-0.05, 0) is 30.4 Å². The van der Waals surface area contributed by atoms with Gasteiger partial charge in [0.1, 0.15) is 12.1 Å². The van der Waals surface area contributed by atoms with Crippen molar-refractivity contribution < 1.29 is 28.7 Å². The minimum atomic E-state index is -1.13. The monoisotopic (exact) mass is 401 g/mol. The van der Waals surface area contributed by atoms with Gasteiger partial charge in [-0.25, -0.2) is 4.79 Å². The number of ether oxygens (including phenoxy) is 2. The summed E-state index contributed by atoms with van der Waals surface area (Å²) in [6.45, 7) is 0.857. The number of carbonyl (C=O) groups excluding carboxylic acids is 4. The van der Waals surface area contributed by atoms with E-state index in [-0.39, 0.29) is 5.91 Å². The van der Waals surface area contributed by atoms with Gasteiger partial charge in [-0.15, -0.1) is 0 Å². The van der Waals surface area contributed by atoms with Gasteiger partial charge in [0.15, 0.2) is 6.61 Å². The Balaban J connectivity index is 1.40. The van der Waals surface area contributed by atoms with Crippen LogP contribution in [0.2, 0.25) is 0 Å². The maximum atomic E-state index is 13.1. The molecule has 2 aliphatic heterocycles. The number of hydrogen-bond acceptors (Lipinski definition) is 6. The SMILES string of the molecule is O=C(CN1C(=O)N[C@@]2(CCCc3ccccc32)C1=O)OCC(=O)N1CCOCC1. The fraction of sp³-hybridized carbons (Fsp3) is 0.500. The number of nitrogens with zero attached hydrogens (tertiary/aromatic N) is 2. The zero-order valence-electron chi connectivity index (χ0n) is 16.0. The Hall–Kier alpha value is -2.94. The molecule has 2 saturated heterocycles. The number of fused-ring (bicyclic) bond motifs is 2. The van der Waals surface area contributed by atoms with Crippen LogP contribution in [0.1, 0.15) is 24.0 Å². The van der Waals surface area contributed by atoms with Gasteiger partial charge in [0.2, 0.25) is 0 Å². The molecule has 9 heteroatoms. The van der Waals surface area contributed by atoms with Crippen LogP contribution in [0.5, 0.6) is 0 Å². The van der Waals surface area contributed by atoms with Crippen LogP contribution in [0.25, 0.3) is 0 Å². The zero-order valence-corrected chi connectivity index (χ0v) is 16.0. The summed E-state index contributed by atoms with van der Waals surface area (Å²) in [5, 5.41) is 2.79. The fourth-order valence-corrected chi connectivity index (χ4v) is 4.18. The van der Waals surface area contributed by atoms with E-state index in [4.69, 9.17) is 9.47 Å². The summed E-state index contributed by atoms with van der Waals surface area (Å²) >= 11 is 0. The summed E-state index contributed by atoms with van der Waals surface area (Å²) in [6, 6.07) is 6.90. The fourth-order valence-electron chi connectivity index (χ4n) is 4.18. The Labute approximate surface area is 167 Å². The normalized spacial score (nSPS) is 23.7. The van der Waals surface area contributed by atoms with E-state index in [1.807, 2.05) is 24.3 Å². The van der Waals surface area contributed by atoms with Gasteiger partial charge in [0.05, 0.1) is 13.2 Å². The molecule has 29 heavy (non-hydrogen) atoms. The molecule has 1 atom stereocenters. The summed E-state index contributed by atoms with van der Waals surface area (Å²) in [5.41, 5.74) is 0.673. The molecule has 1 aliphatic carbocycles. The highest BCUT2D eigenvalue weighted by molar-refractivity contribution is 6.09. The quantitative estimate of drug-likeness (QED) is 0.570. The van der Waals surface area contributed by atoms with Crippen molar-refractivity contribution in [3.8, 4) is 0 Å². The van der Waals surface area contributed by atoms with Crippen molar-refractivity contribution in [2.24, 2.45) is 0 Å². The minimum absolute atomic E-state index is 0.323. The van der Waals surface area contributed by atoms with Crippen LogP contribution in [-0.2, 0) is 35.8 Å². The van der Waals surface area contributed by atoms with Gasteiger partial charge in [-0.1, -0.05) is 24.3 Å². The second kappa shape index (κ2) is 7.82. The Morgan fingerprint density at radius 1 is 1.17 bits per heavy atom. The molecule has 1 N–H and O–H groups in total. The molecule has 1 aromatic carbocycles.